The summed E-state index contributed by atoms with van der Waals surface area (Å²) in [7, 11) is -1.82. The first-order chi connectivity index (χ1) is 9.53. The van der Waals surface area contributed by atoms with Crippen LogP contribution in [0, 0.1) is 0 Å². The van der Waals surface area contributed by atoms with Gasteiger partial charge in [-0.3, -0.25) is 5.10 Å². The van der Waals surface area contributed by atoms with E-state index < -0.39 is 10.0 Å². The standard InChI is InChI=1S/C12H18N4O2S2/c1-9(6-11-4-3-5-19-11)16-20(17,18)12-10(7-13-2)8-14-15-12/h3-5,8-9,13,16H,6-7H2,1-2H3,(H,14,15). The van der Waals surface area contributed by atoms with Crippen LogP contribution in [0.5, 0.6) is 0 Å². The van der Waals surface area contributed by atoms with Gasteiger partial charge in [0.25, 0.3) is 10.0 Å². The summed E-state index contributed by atoms with van der Waals surface area (Å²) >= 11 is 1.62. The molecule has 110 valence electrons. The van der Waals surface area contributed by atoms with Gasteiger partial charge in [-0.05, 0) is 31.8 Å². The maximum absolute atomic E-state index is 12.3. The largest absolute Gasteiger partial charge is 0.316 e. The summed E-state index contributed by atoms with van der Waals surface area (Å²) in [6.45, 7) is 2.30. The average molecular weight is 314 g/mol. The van der Waals surface area contributed by atoms with Gasteiger partial charge >= 0.3 is 0 Å². The second kappa shape index (κ2) is 6.49. The molecule has 0 radical (unpaired) electrons. The molecule has 0 aliphatic rings. The Morgan fingerprint density at radius 1 is 1.50 bits per heavy atom. The van der Waals surface area contributed by atoms with Gasteiger partial charge in [0.15, 0.2) is 5.03 Å². The van der Waals surface area contributed by atoms with E-state index in [4.69, 9.17) is 0 Å². The third-order valence-corrected chi connectivity index (χ3v) is 5.26. The molecule has 3 N–H and O–H groups in total. The van der Waals surface area contributed by atoms with E-state index >= 15 is 0 Å². The highest BCUT2D eigenvalue weighted by Gasteiger charge is 2.22. The molecular weight excluding hydrogens is 296 g/mol. The molecule has 0 spiro atoms. The van der Waals surface area contributed by atoms with Crippen LogP contribution in [0.1, 0.15) is 17.4 Å². The summed E-state index contributed by atoms with van der Waals surface area (Å²) in [4.78, 5) is 1.15. The summed E-state index contributed by atoms with van der Waals surface area (Å²) in [6, 6.07) is 3.78. The first-order valence-corrected chi connectivity index (χ1v) is 8.60. The average Bonchev–Trinajstić information content (AvgIpc) is 2.99. The molecule has 0 amide bonds. The van der Waals surface area contributed by atoms with Gasteiger partial charge in [0, 0.05) is 23.0 Å². The monoisotopic (exact) mass is 314 g/mol. The quantitative estimate of drug-likeness (QED) is 0.714. The molecule has 1 atom stereocenters. The fourth-order valence-corrected chi connectivity index (χ4v) is 4.15. The van der Waals surface area contributed by atoms with Crippen LogP contribution in [0.2, 0.25) is 0 Å². The lowest BCUT2D eigenvalue weighted by molar-refractivity contribution is 0.555. The summed E-state index contributed by atoms with van der Waals surface area (Å²) in [6.07, 6.45) is 2.20. The van der Waals surface area contributed by atoms with Gasteiger partial charge in [0.2, 0.25) is 0 Å². The molecule has 0 bridgehead atoms. The molecule has 0 aliphatic carbocycles. The van der Waals surface area contributed by atoms with Crippen molar-refractivity contribution in [2.45, 2.75) is 31.0 Å². The first kappa shape index (κ1) is 15.2. The summed E-state index contributed by atoms with van der Waals surface area (Å²) in [5, 5.41) is 11.4. The fourth-order valence-electron chi connectivity index (χ4n) is 1.94. The molecule has 0 saturated carbocycles. The minimum absolute atomic E-state index is 0.130. The number of nitrogens with one attached hydrogen (secondary N) is 3. The third-order valence-electron chi connectivity index (χ3n) is 2.76. The summed E-state index contributed by atoms with van der Waals surface area (Å²) in [5.74, 6) is 0. The molecule has 1 unspecified atom stereocenters. The van der Waals surface area contributed by atoms with Gasteiger partial charge in [0.1, 0.15) is 0 Å². The third kappa shape index (κ3) is 3.66. The zero-order valence-electron chi connectivity index (χ0n) is 11.4. The summed E-state index contributed by atoms with van der Waals surface area (Å²) < 4.78 is 27.3. The van der Waals surface area contributed by atoms with Crippen LogP contribution in [0.4, 0.5) is 0 Å². The lowest BCUT2D eigenvalue weighted by Crippen LogP contribution is -2.34. The van der Waals surface area contributed by atoms with Crippen LogP contribution >= 0.6 is 11.3 Å². The minimum atomic E-state index is -3.58. The molecule has 0 fully saturated rings. The Morgan fingerprint density at radius 3 is 2.95 bits per heavy atom. The fraction of sp³-hybridized carbons (Fsp3) is 0.417. The van der Waals surface area contributed by atoms with Gasteiger partial charge in [-0.25, -0.2) is 13.1 Å². The molecule has 0 saturated heterocycles. The number of H-pyrrole nitrogens is 1. The lowest BCUT2D eigenvalue weighted by atomic mass is 10.2. The van der Waals surface area contributed by atoms with Crippen LogP contribution < -0.4 is 10.0 Å². The molecule has 2 aromatic rings. The Kier molecular flexibility index (Phi) is 4.92. The van der Waals surface area contributed by atoms with E-state index in [1.807, 2.05) is 24.4 Å². The molecule has 2 heterocycles. The van der Waals surface area contributed by atoms with Gasteiger partial charge in [-0.15, -0.1) is 11.3 Å². The van der Waals surface area contributed by atoms with Crippen molar-refractivity contribution in [1.82, 2.24) is 20.2 Å². The van der Waals surface area contributed by atoms with Gasteiger partial charge in [0.05, 0.1) is 6.20 Å². The van der Waals surface area contributed by atoms with Crippen molar-refractivity contribution in [1.29, 1.82) is 0 Å². The maximum Gasteiger partial charge on any atom is 0.258 e. The second-order valence-corrected chi connectivity index (χ2v) is 7.24. The van der Waals surface area contributed by atoms with E-state index in [0.717, 1.165) is 4.88 Å². The first-order valence-electron chi connectivity index (χ1n) is 6.24. The van der Waals surface area contributed by atoms with E-state index in [9.17, 15) is 8.42 Å². The van der Waals surface area contributed by atoms with Crippen molar-refractivity contribution in [3.63, 3.8) is 0 Å². The van der Waals surface area contributed by atoms with Crippen molar-refractivity contribution in [3.05, 3.63) is 34.2 Å². The van der Waals surface area contributed by atoms with Crippen molar-refractivity contribution >= 4 is 21.4 Å². The smallest absolute Gasteiger partial charge is 0.258 e. The molecule has 0 aromatic carbocycles. The van der Waals surface area contributed by atoms with Crippen LogP contribution in [0.25, 0.3) is 0 Å². The van der Waals surface area contributed by atoms with Gasteiger partial charge < -0.3 is 5.32 Å². The second-order valence-electron chi connectivity index (χ2n) is 4.56. The van der Waals surface area contributed by atoms with E-state index in [1.54, 1.807) is 18.4 Å². The normalized spacial score (nSPS) is 13.5. The highest BCUT2D eigenvalue weighted by atomic mass is 32.2. The number of thiophene rings is 1. The Morgan fingerprint density at radius 2 is 2.30 bits per heavy atom. The number of hydrogen-bond acceptors (Lipinski definition) is 5. The van der Waals surface area contributed by atoms with E-state index in [-0.39, 0.29) is 11.1 Å². The van der Waals surface area contributed by atoms with E-state index in [2.05, 4.69) is 20.2 Å². The van der Waals surface area contributed by atoms with Crippen LogP contribution in [0.15, 0.2) is 28.7 Å². The molecule has 8 heteroatoms. The maximum atomic E-state index is 12.3. The van der Waals surface area contributed by atoms with Crippen LogP contribution in [-0.4, -0.2) is 31.7 Å². The Balaban J connectivity index is 2.08. The topological polar surface area (TPSA) is 86.9 Å². The predicted molar refractivity (Wildman–Crippen MR) is 79.2 cm³/mol. The van der Waals surface area contributed by atoms with E-state index in [1.165, 1.54) is 6.20 Å². The number of nitrogens with zero attached hydrogens (tertiary/aromatic N) is 1. The Hall–Kier alpha value is -1.22. The van der Waals surface area contributed by atoms with Crippen molar-refractivity contribution in [3.8, 4) is 0 Å². The number of hydrogen-bond donors (Lipinski definition) is 3. The Bertz CT molecular complexity index is 634. The SMILES string of the molecule is CNCc1cn[nH]c1S(=O)(=O)NC(C)Cc1cccs1. The molecule has 20 heavy (non-hydrogen) atoms. The predicted octanol–water partition coefficient (Wildman–Crippen LogP) is 1.10. The zero-order chi connectivity index (χ0) is 14.6. The highest BCUT2D eigenvalue weighted by molar-refractivity contribution is 7.89. The van der Waals surface area contributed by atoms with Crippen molar-refractivity contribution in [2.75, 3.05) is 7.05 Å². The highest BCUT2D eigenvalue weighted by Crippen LogP contribution is 2.15. The van der Waals surface area contributed by atoms with Gasteiger partial charge in [-0.2, -0.15) is 5.10 Å². The molecule has 2 aromatic heterocycles. The molecule has 2 rings (SSSR count). The zero-order valence-corrected chi connectivity index (χ0v) is 13.0. The van der Waals surface area contributed by atoms with Gasteiger partial charge in [-0.1, -0.05) is 6.07 Å². The lowest BCUT2D eigenvalue weighted by Gasteiger charge is -2.13. The van der Waals surface area contributed by atoms with Crippen molar-refractivity contribution < 1.29 is 8.42 Å². The molecule has 6 nitrogen and oxygen atoms in total. The minimum Gasteiger partial charge on any atom is -0.316 e. The number of rotatable bonds is 7. The number of aromatic nitrogens is 2. The van der Waals surface area contributed by atoms with Crippen molar-refractivity contribution in [2.24, 2.45) is 0 Å². The van der Waals surface area contributed by atoms with Crippen LogP contribution in [0.3, 0.4) is 0 Å². The number of sulfonamides is 1. The molecule has 0 aliphatic heterocycles. The summed E-state index contributed by atoms with van der Waals surface area (Å²) in [5.41, 5.74) is 0.628. The molecular formula is C12H18N4O2S2. The van der Waals surface area contributed by atoms with E-state index in [0.29, 0.717) is 18.5 Å². The number of aromatic amines is 1. The Labute approximate surface area is 122 Å². The van der Waals surface area contributed by atoms with Crippen LogP contribution in [-0.2, 0) is 23.0 Å².